The van der Waals surface area contributed by atoms with Crippen LogP contribution in [0.4, 0.5) is 5.69 Å². The first-order valence-corrected chi connectivity index (χ1v) is 5.26. The van der Waals surface area contributed by atoms with Crippen molar-refractivity contribution in [3.05, 3.63) is 30.3 Å². The Bertz CT molecular complexity index is 254. The lowest BCUT2D eigenvalue weighted by Gasteiger charge is -1.97. The molecule has 0 saturated carbocycles. The standard InChI is InChI=1S/C12H18N2/c1-2-3-4-8-11-13-14-12-9-6-5-7-10-12/h5-7,9-11,14H,2-4,8H2,1H3. The van der Waals surface area contributed by atoms with Gasteiger partial charge in [0.2, 0.25) is 0 Å². The number of nitrogens with zero attached hydrogens (tertiary/aromatic N) is 1. The van der Waals surface area contributed by atoms with Crippen molar-refractivity contribution in [2.45, 2.75) is 32.6 Å². The predicted octanol–water partition coefficient (Wildman–Crippen LogP) is 3.66. The van der Waals surface area contributed by atoms with Crippen LogP contribution in [0.25, 0.3) is 0 Å². The van der Waals surface area contributed by atoms with Crippen LogP contribution < -0.4 is 5.43 Å². The van der Waals surface area contributed by atoms with Crippen molar-refractivity contribution in [3.63, 3.8) is 0 Å². The fourth-order valence-electron chi connectivity index (χ4n) is 1.18. The maximum Gasteiger partial charge on any atom is 0.0561 e. The Morgan fingerprint density at radius 2 is 2.00 bits per heavy atom. The lowest BCUT2D eigenvalue weighted by atomic mass is 10.2. The monoisotopic (exact) mass is 190 g/mol. The summed E-state index contributed by atoms with van der Waals surface area (Å²) in [5.41, 5.74) is 4.03. The number of benzene rings is 1. The van der Waals surface area contributed by atoms with Gasteiger partial charge < -0.3 is 0 Å². The molecule has 0 saturated heterocycles. The van der Waals surface area contributed by atoms with Crippen molar-refractivity contribution in [1.29, 1.82) is 0 Å². The largest absolute Gasteiger partial charge is 0.279 e. The number of hydrazone groups is 1. The second-order valence-corrected chi connectivity index (χ2v) is 3.29. The minimum absolute atomic E-state index is 1.04. The molecular formula is C12H18N2. The summed E-state index contributed by atoms with van der Waals surface area (Å²) >= 11 is 0. The molecule has 0 aliphatic heterocycles. The fraction of sp³-hybridized carbons (Fsp3) is 0.417. The van der Waals surface area contributed by atoms with Gasteiger partial charge in [0.1, 0.15) is 0 Å². The molecule has 2 heteroatoms. The fourth-order valence-corrected chi connectivity index (χ4v) is 1.18. The number of nitrogens with one attached hydrogen (secondary N) is 1. The van der Waals surface area contributed by atoms with Crippen molar-refractivity contribution in [2.24, 2.45) is 5.10 Å². The molecule has 0 atom stereocenters. The Labute approximate surface area is 86.0 Å². The van der Waals surface area contributed by atoms with E-state index in [0.29, 0.717) is 0 Å². The van der Waals surface area contributed by atoms with E-state index in [2.05, 4.69) is 17.5 Å². The second-order valence-electron chi connectivity index (χ2n) is 3.29. The third-order valence-corrected chi connectivity index (χ3v) is 2.00. The average molecular weight is 190 g/mol. The van der Waals surface area contributed by atoms with E-state index in [-0.39, 0.29) is 0 Å². The van der Waals surface area contributed by atoms with E-state index in [9.17, 15) is 0 Å². The predicted molar refractivity (Wildman–Crippen MR) is 62.7 cm³/mol. The van der Waals surface area contributed by atoms with Gasteiger partial charge in [-0.3, -0.25) is 5.43 Å². The van der Waals surface area contributed by atoms with E-state index in [0.717, 1.165) is 12.1 Å². The summed E-state index contributed by atoms with van der Waals surface area (Å²) in [5.74, 6) is 0. The maximum atomic E-state index is 4.14. The smallest absolute Gasteiger partial charge is 0.0561 e. The van der Waals surface area contributed by atoms with Crippen molar-refractivity contribution in [2.75, 3.05) is 5.43 Å². The minimum atomic E-state index is 1.04. The highest BCUT2D eigenvalue weighted by Gasteiger charge is 1.84. The Hall–Kier alpha value is -1.31. The van der Waals surface area contributed by atoms with Gasteiger partial charge in [0.25, 0.3) is 0 Å². The quantitative estimate of drug-likeness (QED) is 0.413. The summed E-state index contributed by atoms with van der Waals surface area (Å²) in [7, 11) is 0. The summed E-state index contributed by atoms with van der Waals surface area (Å²) in [6, 6.07) is 9.99. The highest BCUT2D eigenvalue weighted by molar-refractivity contribution is 5.59. The van der Waals surface area contributed by atoms with Gasteiger partial charge in [-0.2, -0.15) is 5.10 Å². The van der Waals surface area contributed by atoms with Crippen molar-refractivity contribution < 1.29 is 0 Å². The maximum absolute atomic E-state index is 4.14. The van der Waals surface area contributed by atoms with Crippen LogP contribution in [0.3, 0.4) is 0 Å². The second kappa shape index (κ2) is 7.13. The molecule has 0 unspecified atom stereocenters. The van der Waals surface area contributed by atoms with Gasteiger partial charge in [-0.15, -0.1) is 0 Å². The summed E-state index contributed by atoms with van der Waals surface area (Å²) in [4.78, 5) is 0. The summed E-state index contributed by atoms with van der Waals surface area (Å²) in [6.45, 7) is 2.21. The van der Waals surface area contributed by atoms with Gasteiger partial charge in [0.15, 0.2) is 0 Å². The summed E-state index contributed by atoms with van der Waals surface area (Å²) < 4.78 is 0. The molecule has 0 heterocycles. The Morgan fingerprint density at radius 1 is 1.21 bits per heavy atom. The number of para-hydroxylation sites is 1. The molecule has 0 radical (unpaired) electrons. The van der Waals surface area contributed by atoms with Crippen molar-refractivity contribution in [3.8, 4) is 0 Å². The number of anilines is 1. The number of rotatable bonds is 6. The zero-order valence-corrected chi connectivity index (χ0v) is 8.74. The highest BCUT2D eigenvalue weighted by atomic mass is 15.3. The molecule has 2 nitrogen and oxygen atoms in total. The van der Waals surface area contributed by atoms with Gasteiger partial charge in [-0.05, 0) is 25.0 Å². The van der Waals surface area contributed by atoms with Crippen LogP contribution in [0.15, 0.2) is 35.4 Å². The third-order valence-electron chi connectivity index (χ3n) is 2.00. The molecule has 14 heavy (non-hydrogen) atoms. The zero-order valence-electron chi connectivity index (χ0n) is 8.74. The number of unbranched alkanes of at least 4 members (excludes halogenated alkanes) is 3. The van der Waals surface area contributed by atoms with Gasteiger partial charge >= 0.3 is 0 Å². The lowest BCUT2D eigenvalue weighted by molar-refractivity contribution is 0.746. The zero-order chi connectivity index (χ0) is 10.1. The van der Waals surface area contributed by atoms with Gasteiger partial charge in [-0.1, -0.05) is 38.0 Å². The highest BCUT2D eigenvalue weighted by Crippen LogP contribution is 2.04. The molecule has 76 valence electrons. The Balaban J connectivity index is 2.14. The van der Waals surface area contributed by atoms with Crippen LogP contribution in [0, 0.1) is 0 Å². The van der Waals surface area contributed by atoms with Crippen molar-refractivity contribution in [1.82, 2.24) is 0 Å². The summed E-state index contributed by atoms with van der Waals surface area (Å²) in [5, 5.41) is 4.14. The summed E-state index contributed by atoms with van der Waals surface area (Å²) in [6.07, 6.45) is 6.80. The topological polar surface area (TPSA) is 24.4 Å². The molecule has 0 aliphatic carbocycles. The van der Waals surface area contributed by atoms with Crippen LogP contribution in [-0.2, 0) is 0 Å². The normalized spacial score (nSPS) is 10.6. The molecule has 0 bridgehead atoms. The molecule has 0 fully saturated rings. The van der Waals surface area contributed by atoms with E-state index in [1.165, 1.54) is 19.3 Å². The average Bonchev–Trinajstić information content (AvgIpc) is 2.25. The van der Waals surface area contributed by atoms with E-state index < -0.39 is 0 Å². The molecule has 1 aromatic rings. The van der Waals surface area contributed by atoms with E-state index in [1.807, 2.05) is 36.5 Å². The molecular weight excluding hydrogens is 172 g/mol. The molecule has 0 aliphatic rings. The molecule has 1 N–H and O–H groups in total. The van der Waals surface area contributed by atoms with E-state index >= 15 is 0 Å². The van der Waals surface area contributed by atoms with Crippen LogP contribution in [-0.4, -0.2) is 6.21 Å². The van der Waals surface area contributed by atoms with E-state index in [4.69, 9.17) is 0 Å². The van der Waals surface area contributed by atoms with Crippen LogP contribution in [0.5, 0.6) is 0 Å². The lowest BCUT2D eigenvalue weighted by Crippen LogP contribution is -1.88. The Kier molecular flexibility index (Phi) is 5.48. The van der Waals surface area contributed by atoms with Gasteiger partial charge in [0, 0.05) is 6.21 Å². The first kappa shape index (κ1) is 10.8. The van der Waals surface area contributed by atoms with Crippen LogP contribution in [0.1, 0.15) is 32.6 Å². The molecule has 0 aromatic heterocycles. The molecule has 0 spiro atoms. The Morgan fingerprint density at radius 3 is 2.71 bits per heavy atom. The van der Waals surface area contributed by atoms with Crippen LogP contribution >= 0.6 is 0 Å². The van der Waals surface area contributed by atoms with Gasteiger partial charge in [-0.25, -0.2) is 0 Å². The molecule has 1 rings (SSSR count). The minimum Gasteiger partial charge on any atom is -0.279 e. The molecule has 1 aromatic carbocycles. The SMILES string of the molecule is CCCCCC=NNc1ccccc1. The first-order valence-electron chi connectivity index (χ1n) is 5.26. The van der Waals surface area contributed by atoms with E-state index in [1.54, 1.807) is 0 Å². The van der Waals surface area contributed by atoms with Gasteiger partial charge in [0.05, 0.1) is 5.69 Å². The number of hydrogen-bond acceptors (Lipinski definition) is 2. The third kappa shape index (κ3) is 4.65. The first-order chi connectivity index (χ1) is 6.93. The number of hydrogen-bond donors (Lipinski definition) is 1. The van der Waals surface area contributed by atoms with Crippen molar-refractivity contribution >= 4 is 11.9 Å². The van der Waals surface area contributed by atoms with Crippen LogP contribution in [0.2, 0.25) is 0 Å². The molecule has 0 amide bonds.